The molecule has 0 unspecified atom stereocenters. The van der Waals surface area contributed by atoms with Gasteiger partial charge in [0.1, 0.15) is 6.54 Å². The van der Waals surface area contributed by atoms with Crippen LogP contribution in [-0.4, -0.2) is 32.6 Å². The number of hydrogen-bond donors (Lipinski definition) is 3. The van der Waals surface area contributed by atoms with Crippen molar-refractivity contribution in [1.82, 2.24) is 14.9 Å². The van der Waals surface area contributed by atoms with Gasteiger partial charge in [0.25, 0.3) is 5.56 Å². The molecule has 0 radical (unpaired) electrons. The quantitative estimate of drug-likeness (QED) is 0.533. The number of aryl methyl sites for hydroxylation is 1. The van der Waals surface area contributed by atoms with Crippen molar-refractivity contribution in [1.29, 1.82) is 0 Å². The summed E-state index contributed by atoms with van der Waals surface area (Å²) in [7, 11) is 0. The summed E-state index contributed by atoms with van der Waals surface area (Å²) in [5.74, 6) is -0.277. The lowest BCUT2D eigenvalue weighted by Gasteiger charge is -2.20. The zero-order chi connectivity index (χ0) is 22.5. The Kier molecular flexibility index (Phi) is 6.78. The summed E-state index contributed by atoms with van der Waals surface area (Å²) in [6.45, 7) is 1.66. The van der Waals surface area contributed by atoms with Gasteiger partial charge in [0, 0.05) is 29.5 Å². The number of aliphatic hydroxyl groups excluding tert-OH is 1. The van der Waals surface area contributed by atoms with Gasteiger partial charge in [-0.3, -0.25) is 14.2 Å². The molecule has 4 rings (SSSR count). The molecule has 0 saturated carbocycles. The van der Waals surface area contributed by atoms with Gasteiger partial charge < -0.3 is 15.7 Å². The van der Waals surface area contributed by atoms with E-state index in [0.29, 0.717) is 17.4 Å². The normalized spacial score (nSPS) is 18.9. The second-order valence-electron chi connectivity index (χ2n) is 8.35. The van der Waals surface area contributed by atoms with E-state index in [1.807, 2.05) is 54.6 Å². The molecule has 0 aliphatic carbocycles. The van der Waals surface area contributed by atoms with Gasteiger partial charge in [0.05, 0.1) is 12.4 Å². The standard InChI is InChI=1S/C25H28N4O3/c1-17-13-24(31)29(16-26-17)15-23(30)28-20-9-7-18(8-10-20)14-21-11-12-22(27-21)25(32)19-5-3-2-4-6-19/h2-10,13,16,21-22,25,27,32H,11-12,14-15H2,1H3,(H,28,30)/t21-,22+,25+/m0/s1. The van der Waals surface area contributed by atoms with Crippen LogP contribution in [0, 0.1) is 6.92 Å². The number of aliphatic hydroxyl groups is 1. The number of carbonyl (C=O) groups is 1. The first-order chi connectivity index (χ1) is 15.5. The third-order valence-corrected chi connectivity index (χ3v) is 5.85. The highest BCUT2D eigenvalue weighted by Gasteiger charge is 2.29. The summed E-state index contributed by atoms with van der Waals surface area (Å²) < 4.78 is 1.28. The zero-order valence-corrected chi connectivity index (χ0v) is 18.1. The first-order valence-electron chi connectivity index (χ1n) is 10.9. The molecule has 3 N–H and O–H groups in total. The van der Waals surface area contributed by atoms with E-state index in [2.05, 4.69) is 15.6 Å². The summed E-state index contributed by atoms with van der Waals surface area (Å²) in [6, 6.07) is 19.3. The van der Waals surface area contributed by atoms with Crippen LogP contribution < -0.4 is 16.2 Å². The van der Waals surface area contributed by atoms with Crippen molar-refractivity contribution < 1.29 is 9.90 Å². The van der Waals surface area contributed by atoms with Crippen LogP contribution in [0.15, 0.2) is 71.8 Å². The third-order valence-electron chi connectivity index (χ3n) is 5.85. The van der Waals surface area contributed by atoms with Gasteiger partial charge in [-0.1, -0.05) is 42.5 Å². The third kappa shape index (κ3) is 5.49. The predicted molar refractivity (Wildman–Crippen MR) is 123 cm³/mol. The van der Waals surface area contributed by atoms with Crippen LogP contribution in [0.25, 0.3) is 0 Å². The number of anilines is 1. The molecule has 0 bridgehead atoms. The summed E-state index contributed by atoms with van der Waals surface area (Å²) in [5.41, 5.74) is 3.16. The molecule has 7 nitrogen and oxygen atoms in total. The molecule has 1 aromatic heterocycles. The highest BCUT2D eigenvalue weighted by molar-refractivity contribution is 5.90. The van der Waals surface area contributed by atoms with Crippen LogP contribution in [0.2, 0.25) is 0 Å². The largest absolute Gasteiger partial charge is 0.387 e. The molecule has 1 saturated heterocycles. The number of benzene rings is 2. The second kappa shape index (κ2) is 9.89. The Morgan fingerprint density at radius 2 is 1.94 bits per heavy atom. The first kappa shape index (κ1) is 21.9. The fourth-order valence-electron chi connectivity index (χ4n) is 4.14. The highest BCUT2D eigenvalue weighted by atomic mass is 16.3. The van der Waals surface area contributed by atoms with Crippen molar-refractivity contribution in [3.63, 3.8) is 0 Å². The van der Waals surface area contributed by atoms with E-state index in [0.717, 1.165) is 30.4 Å². The lowest BCUT2D eigenvalue weighted by Crippen LogP contribution is -2.35. The van der Waals surface area contributed by atoms with E-state index < -0.39 is 6.10 Å². The molecule has 7 heteroatoms. The lowest BCUT2D eigenvalue weighted by atomic mass is 10.0. The van der Waals surface area contributed by atoms with Crippen molar-refractivity contribution in [3.8, 4) is 0 Å². The number of nitrogens with zero attached hydrogens (tertiary/aromatic N) is 2. The van der Waals surface area contributed by atoms with Gasteiger partial charge in [-0.25, -0.2) is 4.98 Å². The number of rotatable bonds is 7. The second-order valence-corrected chi connectivity index (χ2v) is 8.35. The molecule has 0 spiro atoms. The average molecular weight is 433 g/mol. The molecule has 1 aliphatic heterocycles. The molecule has 1 amide bonds. The van der Waals surface area contributed by atoms with Crippen molar-refractivity contribution >= 4 is 11.6 Å². The highest BCUT2D eigenvalue weighted by Crippen LogP contribution is 2.26. The molecule has 3 atom stereocenters. The predicted octanol–water partition coefficient (Wildman–Crippen LogP) is 2.59. The van der Waals surface area contributed by atoms with E-state index in [-0.39, 0.29) is 24.1 Å². The number of hydrogen-bond acceptors (Lipinski definition) is 5. The smallest absolute Gasteiger partial charge is 0.253 e. The van der Waals surface area contributed by atoms with Crippen LogP contribution in [0.1, 0.15) is 35.8 Å². The van der Waals surface area contributed by atoms with E-state index in [9.17, 15) is 14.7 Å². The fourth-order valence-corrected chi connectivity index (χ4v) is 4.14. The maximum absolute atomic E-state index is 12.3. The Balaban J connectivity index is 1.28. The summed E-state index contributed by atoms with van der Waals surface area (Å²) in [6.07, 6.45) is 3.68. The van der Waals surface area contributed by atoms with Crippen molar-refractivity contribution in [2.45, 2.75) is 50.9 Å². The van der Waals surface area contributed by atoms with Crippen molar-refractivity contribution in [2.24, 2.45) is 0 Å². The maximum atomic E-state index is 12.3. The van der Waals surface area contributed by atoms with E-state index in [1.165, 1.54) is 17.0 Å². The van der Waals surface area contributed by atoms with Gasteiger partial charge >= 0.3 is 0 Å². The number of aromatic nitrogens is 2. The Morgan fingerprint density at radius 1 is 1.19 bits per heavy atom. The summed E-state index contributed by atoms with van der Waals surface area (Å²) in [5, 5.41) is 17.0. The Hall–Kier alpha value is -3.29. The zero-order valence-electron chi connectivity index (χ0n) is 18.1. The number of nitrogens with one attached hydrogen (secondary N) is 2. The Labute approximate surface area is 187 Å². The molecule has 32 heavy (non-hydrogen) atoms. The van der Waals surface area contributed by atoms with E-state index >= 15 is 0 Å². The first-order valence-corrected chi connectivity index (χ1v) is 10.9. The Morgan fingerprint density at radius 3 is 2.66 bits per heavy atom. The molecule has 1 aliphatic rings. The van der Waals surface area contributed by atoms with Gasteiger partial charge in [0.15, 0.2) is 0 Å². The molecule has 2 heterocycles. The van der Waals surface area contributed by atoms with Gasteiger partial charge in [-0.05, 0) is 49.4 Å². The van der Waals surface area contributed by atoms with Gasteiger partial charge in [-0.15, -0.1) is 0 Å². The minimum atomic E-state index is -0.505. The summed E-state index contributed by atoms with van der Waals surface area (Å²) >= 11 is 0. The molecule has 166 valence electrons. The molecular weight excluding hydrogens is 404 g/mol. The minimum absolute atomic E-state index is 0.0561. The van der Waals surface area contributed by atoms with Crippen LogP contribution in [0.5, 0.6) is 0 Å². The average Bonchev–Trinajstić information content (AvgIpc) is 3.25. The summed E-state index contributed by atoms with van der Waals surface area (Å²) in [4.78, 5) is 28.2. The van der Waals surface area contributed by atoms with Crippen molar-refractivity contribution in [2.75, 3.05) is 5.32 Å². The SMILES string of the molecule is Cc1cc(=O)n(CC(=O)Nc2ccc(C[C@@H]3CC[C@H]([C@H](O)c4ccccc4)N3)cc2)cn1. The minimum Gasteiger partial charge on any atom is -0.387 e. The Bertz CT molecular complexity index is 1110. The topological polar surface area (TPSA) is 96.2 Å². The molecular formula is C25H28N4O3. The van der Waals surface area contributed by atoms with Crippen LogP contribution in [0.3, 0.4) is 0 Å². The van der Waals surface area contributed by atoms with E-state index in [4.69, 9.17) is 0 Å². The van der Waals surface area contributed by atoms with Gasteiger partial charge in [-0.2, -0.15) is 0 Å². The molecule has 3 aromatic rings. The van der Waals surface area contributed by atoms with E-state index in [1.54, 1.807) is 6.92 Å². The van der Waals surface area contributed by atoms with Crippen LogP contribution in [-0.2, 0) is 17.8 Å². The number of carbonyl (C=O) groups excluding carboxylic acids is 1. The monoisotopic (exact) mass is 432 g/mol. The van der Waals surface area contributed by atoms with Crippen LogP contribution >= 0.6 is 0 Å². The lowest BCUT2D eigenvalue weighted by molar-refractivity contribution is -0.116. The van der Waals surface area contributed by atoms with Gasteiger partial charge in [0.2, 0.25) is 5.91 Å². The maximum Gasteiger partial charge on any atom is 0.253 e. The number of amides is 1. The fraction of sp³-hybridized carbons (Fsp3) is 0.320. The molecule has 2 aromatic carbocycles. The van der Waals surface area contributed by atoms with Crippen molar-refractivity contribution in [3.05, 3.63) is 94.2 Å². The molecule has 1 fully saturated rings. The van der Waals surface area contributed by atoms with Crippen LogP contribution in [0.4, 0.5) is 5.69 Å².